The molecule has 0 amide bonds. The summed E-state index contributed by atoms with van der Waals surface area (Å²) in [5.41, 5.74) is 8.68. The predicted octanol–water partition coefficient (Wildman–Crippen LogP) is 12.6. The molecule has 0 heterocycles. The summed E-state index contributed by atoms with van der Waals surface area (Å²) in [4.78, 5) is 2.00. The number of rotatable bonds is 6. The number of fused-ring (bicyclic) bond motifs is 2. The molecule has 0 saturated heterocycles. The van der Waals surface area contributed by atoms with Gasteiger partial charge in [0, 0.05) is 11.4 Å². The van der Waals surface area contributed by atoms with Crippen molar-refractivity contribution in [2.75, 3.05) is 4.90 Å². The van der Waals surface area contributed by atoms with Crippen molar-refractivity contribution in [2.45, 2.75) is 0 Å². The van der Waals surface area contributed by atoms with E-state index in [-0.39, 0.29) is 5.82 Å². The highest BCUT2D eigenvalue weighted by atomic mass is 19.1. The third kappa shape index (κ3) is 5.10. The average Bonchev–Trinajstić information content (AvgIpc) is 3.13. The van der Waals surface area contributed by atoms with E-state index in [1.165, 1.54) is 32.7 Å². The Morgan fingerprint density at radius 3 is 1.33 bits per heavy atom. The average molecular weight is 592 g/mol. The van der Waals surface area contributed by atoms with Gasteiger partial charge in [0.2, 0.25) is 0 Å². The monoisotopic (exact) mass is 591 g/mol. The van der Waals surface area contributed by atoms with Gasteiger partial charge in [-0.05, 0) is 91.3 Å². The normalized spacial score (nSPS) is 11.2. The molecule has 0 unspecified atom stereocenters. The molecule has 0 aliphatic heterocycles. The highest BCUT2D eigenvalue weighted by Gasteiger charge is 2.18. The summed E-state index contributed by atoms with van der Waals surface area (Å²) in [6, 6.07) is 61.9. The van der Waals surface area contributed by atoms with E-state index in [0.29, 0.717) is 5.69 Å². The Kier molecular flexibility index (Phi) is 7.09. The fourth-order valence-electron chi connectivity index (χ4n) is 6.46. The zero-order chi connectivity index (χ0) is 30.9. The topological polar surface area (TPSA) is 3.24 Å². The van der Waals surface area contributed by atoms with Gasteiger partial charge in [0.25, 0.3) is 0 Å². The Balaban J connectivity index is 1.22. The van der Waals surface area contributed by atoms with Crippen molar-refractivity contribution in [3.63, 3.8) is 0 Å². The minimum absolute atomic E-state index is 0.280. The summed E-state index contributed by atoms with van der Waals surface area (Å²) >= 11 is 0. The molecule has 1 nitrogen and oxygen atoms in total. The van der Waals surface area contributed by atoms with Crippen molar-refractivity contribution in [2.24, 2.45) is 0 Å². The van der Waals surface area contributed by atoms with Gasteiger partial charge in [-0.1, -0.05) is 146 Å². The number of hydrogen-bond acceptors (Lipinski definition) is 1. The maximum absolute atomic E-state index is 16.2. The molecule has 8 rings (SSSR count). The van der Waals surface area contributed by atoms with E-state index in [0.717, 1.165) is 33.6 Å². The summed E-state index contributed by atoms with van der Waals surface area (Å²) in [6.45, 7) is 0. The largest absolute Gasteiger partial charge is 0.308 e. The van der Waals surface area contributed by atoms with Gasteiger partial charge in [-0.15, -0.1) is 0 Å². The number of benzene rings is 8. The highest BCUT2D eigenvalue weighted by molar-refractivity contribution is 5.98. The number of nitrogens with zero attached hydrogens (tertiary/aromatic N) is 1. The van der Waals surface area contributed by atoms with Crippen LogP contribution >= 0.6 is 0 Å². The highest BCUT2D eigenvalue weighted by Crippen LogP contribution is 2.40. The Morgan fingerprint density at radius 2 is 0.804 bits per heavy atom. The van der Waals surface area contributed by atoms with Crippen LogP contribution in [0.4, 0.5) is 21.5 Å². The van der Waals surface area contributed by atoms with Gasteiger partial charge in [-0.2, -0.15) is 0 Å². The van der Waals surface area contributed by atoms with Crippen LogP contribution in [-0.4, -0.2) is 0 Å². The standard InChI is InChI=1S/C44H30FN/c45-43-30-36(31-10-2-1-3-11-31)24-29-44(43)46(37-25-20-34(21-26-37)41-18-8-14-32-12-4-6-16-39(32)41)38-27-22-35(23-28-38)42-19-9-15-33-13-5-7-17-40(33)42/h1-30H. The van der Waals surface area contributed by atoms with Crippen LogP contribution in [0.15, 0.2) is 182 Å². The molecular weight excluding hydrogens is 561 g/mol. The first-order chi connectivity index (χ1) is 22.7. The van der Waals surface area contributed by atoms with E-state index >= 15 is 4.39 Å². The van der Waals surface area contributed by atoms with Crippen molar-refractivity contribution in [1.82, 2.24) is 0 Å². The Hall–Kier alpha value is -5.99. The SMILES string of the molecule is Fc1cc(-c2ccccc2)ccc1N(c1ccc(-c2cccc3ccccc23)cc1)c1ccc(-c2cccc3ccccc23)cc1. The van der Waals surface area contributed by atoms with Crippen LogP contribution in [-0.2, 0) is 0 Å². The number of hydrogen-bond donors (Lipinski definition) is 0. The van der Waals surface area contributed by atoms with Crippen LogP contribution in [0.25, 0.3) is 54.9 Å². The van der Waals surface area contributed by atoms with Crippen LogP contribution in [0.3, 0.4) is 0 Å². The molecule has 0 spiro atoms. The van der Waals surface area contributed by atoms with Crippen molar-refractivity contribution < 1.29 is 4.39 Å². The lowest BCUT2D eigenvalue weighted by molar-refractivity contribution is 0.629. The second-order valence-electron chi connectivity index (χ2n) is 11.5. The summed E-state index contributed by atoms with van der Waals surface area (Å²) in [7, 11) is 0. The minimum atomic E-state index is -0.280. The van der Waals surface area contributed by atoms with Crippen LogP contribution in [0, 0.1) is 5.82 Å². The van der Waals surface area contributed by atoms with Crippen molar-refractivity contribution >= 4 is 38.6 Å². The van der Waals surface area contributed by atoms with E-state index < -0.39 is 0 Å². The zero-order valence-electron chi connectivity index (χ0n) is 25.1. The number of anilines is 3. The molecular formula is C44H30FN. The number of halogens is 1. The molecule has 8 aromatic rings. The lowest BCUT2D eigenvalue weighted by atomic mass is 9.97. The minimum Gasteiger partial charge on any atom is -0.308 e. The smallest absolute Gasteiger partial charge is 0.147 e. The molecule has 0 saturated carbocycles. The Morgan fingerprint density at radius 1 is 0.348 bits per heavy atom. The van der Waals surface area contributed by atoms with E-state index in [1.807, 2.05) is 47.4 Å². The van der Waals surface area contributed by atoms with Crippen LogP contribution in [0.1, 0.15) is 0 Å². The van der Waals surface area contributed by atoms with Gasteiger partial charge in [-0.3, -0.25) is 0 Å². The molecule has 218 valence electrons. The van der Waals surface area contributed by atoms with E-state index in [9.17, 15) is 0 Å². The van der Waals surface area contributed by atoms with Crippen molar-refractivity contribution in [1.29, 1.82) is 0 Å². The van der Waals surface area contributed by atoms with Gasteiger partial charge in [0.05, 0.1) is 5.69 Å². The fourth-order valence-corrected chi connectivity index (χ4v) is 6.46. The lowest BCUT2D eigenvalue weighted by Gasteiger charge is -2.26. The molecule has 0 aliphatic rings. The zero-order valence-corrected chi connectivity index (χ0v) is 25.1. The van der Waals surface area contributed by atoms with E-state index in [4.69, 9.17) is 0 Å². The second-order valence-corrected chi connectivity index (χ2v) is 11.5. The first kappa shape index (κ1) is 27.6. The van der Waals surface area contributed by atoms with Gasteiger partial charge in [0.1, 0.15) is 5.82 Å². The summed E-state index contributed by atoms with van der Waals surface area (Å²) in [5.74, 6) is -0.280. The summed E-state index contributed by atoms with van der Waals surface area (Å²) in [5, 5.41) is 4.83. The van der Waals surface area contributed by atoms with Crippen LogP contribution < -0.4 is 4.90 Å². The maximum Gasteiger partial charge on any atom is 0.147 e. The molecule has 0 aliphatic carbocycles. The van der Waals surface area contributed by atoms with Crippen molar-refractivity contribution in [3.8, 4) is 33.4 Å². The second kappa shape index (κ2) is 11.8. The molecule has 2 heteroatoms. The maximum atomic E-state index is 16.2. The van der Waals surface area contributed by atoms with E-state index in [2.05, 4.69) is 133 Å². The lowest BCUT2D eigenvalue weighted by Crippen LogP contribution is -2.11. The summed E-state index contributed by atoms with van der Waals surface area (Å²) in [6.07, 6.45) is 0. The van der Waals surface area contributed by atoms with Gasteiger partial charge >= 0.3 is 0 Å². The Bertz CT molecular complexity index is 2170. The predicted molar refractivity (Wildman–Crippen MR) is 192 cm³/mol. The molecule has 0 atom stereocenters. The summed E-state index contributed by atoms with van der Waals surface area (Å²) < 4.78 is 16.2. The third-order valence-electron chi connectivity index (χ3n) is 8.75. The molecule has 0 N–H and O–H groups in total. The van der Waals surface area contributed by atoms with E-state index in [1.54, 1.807) is 6.07 Å². The molecule has 0 aromatic heterocycles. The van der Waals surface area contributed by atoms with Crippen LogP contribution in [0.2, 0.25) is 0 Å². The molecule has 0 bridgehead atoms. The first-order valence-electron chi connectivity index (χ1n) is 15.5. The molecule has 0 fully saturated rings. The van der Waals surface area contributed by atoms with Gasteiger partial charge in [0.15, 0.2) is 0 Å². The first-order valence-corrected chi connectivity index (χ1v) is 15.5. The third-order valence-corrected chi connectivity index (χ3v) is 8.75. The molecule has 0 radical (unpaired) electrons. The van der Waals surface area contributed by atoms with Gasteiger partial charge < -0.3 is 4.90 Å². The Labute approximate surface area is 268 Å². The van der Waals surface area contributed by atoms with Gasteiger partial charge in [-0.25, -0.2) is 4.39 Å². The molecule has 46 heavy (non-hydrogen) atoms. The van der Waals surface area contributed by atoms with Crippen molar-refractivity contribution in [3.05, 3.63) is 188 Å². The fraction of sp³-hybridized carbons (Fsp3) is 0. The quantitative estimate of drug-likeness (QED) is 0.186. The molecule has 8 aromatic carbocycles. The van der Waals surface area contributed by atoms with Crippen LogP contribution in [0.5, 0.6) is 0 Å².